The number of allylic oxidation sites excluding steroid dienone is 2. The number of fused-ring (bicyclic) bond motifs is 2. The molecule has 11 heavy (non-hydrogen) atoms. The number of rotatable bonds is 3. The minimum atomic E-state index is -0.261. The minimum absolute atomic E-state index is 0.261. The summed E-state index contributed by atoms with van der Waals surface area (Å²) in [6.07, 6.45) is 5.70. The third-order valence-electron chi connectivity index (χ3n) is 2.90. The van der Waals surface area contributed by atoms with E-state index in [4.69, 9.17) is 4.43 Å². The number of hydrogen-bond donors (Lipinski definition) is 0. The molecule has 0 N–H and O–H groups in total. The van der Waals surface area contributed by atoms with E-state index in [1.165, 1.54) is 25.7 Å². The lowest BCUT2D eigenvalue weighted by atomic mass is 10.1. The summed E-state index contributed by atoms with van der Waals surface area (Å²) in [7, 11) is -0.261. The molecule has 2 bridgehead atoms. The summed E-state index contributed by atoms with van der Waals surface area (Å²) in [4.78, 5) is 0. The second kappa shape index (κ2) is 3.11. The largest absolute Gasteiger partial charge is 0.419 e. The average Bonchev–Trinajstić information content (AvgIpc) is 2.60. The highest BCUT2D eigenvalue weighted by Crippen LogP contribution is 2.43. The third kappa shape index (κ3) is 1.42. The molecule has 0 aromatic heterocycles. The Morgan fingerprint density at radius 1 is 1.55 bits per heavy atom. The Morgan fingerprint density at radius 2 is 2.45 bits per heavy atom. The lowest BCUT2D eigenvalue weighted by Gasteiger charge is -2.10. The summed E-state index contributed by atoms with van der Waals surface area (Å²) in [6.45, 7) is 3.03. The molecule has 1 nitrogen and oxygen atoms in total. The van der Waals surface area contributed by atoms with E-state index in [2.05, 4.69) is 6.92 Å². The fourth-order valence-corrected chi connectivity index (χ4v) is 3.81. The third-order valence-corrected chi connectivity index (χ3v) is 4.65. The van der Waals surface area contributed by atoms with E-state index in [-0.39, 0.29) is 9.76 Å². The molecule has 1 atom stereocenters. The summed E-state index contributed by atoms with van der Waals surface area (Å²) in [6, 6.07) is 0. The Labute approximate surface area is 70.8 Å². The Bertz CT molecular complexity index is 186. The summed E-state index contributed by atoms with van der Waals surface area (Å²) < 4.78 is 5.55. The van der Waals surface area contributed by atoms with Crippen LogP contribution in [0.5, 0.6) is 0 Å². The first-order valence-electron chi connectivity index (χ1n) is 4.67. The van der Waals surface area contributed by atoms with Crippen molar-refractivity contribution in [2.75, 3.05) is 6.61 Å². The van der Waals surface area contributed by atoms with Crippen molar-refractivity contribution in [2.24, 2.45) is 5.92 Å². The normalized spacial score (nSPS) is 29.7. The van der Waals surface area contributed by atoms with Crippen LogP contribution in [-0.2, 0) is 4.43 Å². The summed E-state index contributed by atoms with van der Waals surface area (Å²) in [5, 5.41) is 1.77. The molecule has 0 amide bonds. The topological polar surface area (TPSA) is 9.23 Å². The van der Waals surface area contributed by atoms with E-state index in [1.807, 2.05) is 0 Å². The second-order valence-corrected chi connectivity index (χ2v) is 5.21. The SMILES string of the molecule is CCO[SiH2]C1=C2CCC(C2)C1. The van der Waals surface area contributed by atoms with Gasteiger partial charge in [0, 0.05) is 6.61 Å². The van der Waals surface area contributed by atoms with Gasteiger partial charge in [0.1, 0.15) is 0 Å². The van der Waals surface area contributed by atoms with Gasteiger partial charge in [0.2, 0.25) is 0 Å². The molecule has 2 rings (SSSR count). The molecule has 0 aliphatic heterocycles. The van der Waals surface area contributed by atoms with Gasteiger partial charge in [0.05, 0.1) is 0 Å². The van der Waals surface area contributed by atoms with Gasteiger partial charge in [0.25, 0.3) is 0 Å². The molecular weight excluding hydrogens is 152 g/mol. The van der Waals surface area contributed by atoms with Crippen molar-refractivity contribution in [3.05, 3.63) is 10.8 Å². The van der Waals surface area contributed by atoms with Crippen LogP contribution in [0.25, 0.3) is 0 Å². The van der Waals surface area contributed by atoms with Gasteiger partial charge in [-0.3, -0.25) is 0 Å². The Hall–Kier alpha value is -0.0831. The first kappa shape index (κ1) is 7.56. The molecule has 2 heteroatoms. The molecular formula is C9H16OSi. The van der Waals surface area contributed by atoms with Crippen LogP contribution >= 0.6 is 0 Å². The van der Waals surface area contributed by atoms with E-state index in [9.17, 15) is 0 Å². The first-order valence-corrected chi connectivity index (χ1v) is 5.96. The summed E-state index contributed by atoms with van der Waals surface area (Å²) >= 11 is 0. The molecule has 62 valence electrons. The average molecular weight is 168 g/mol. The highest BCUT2D eigenvalue weighted by molar-refractivity contribution is 6.38. The van der Waals surface area contributed by atoms with E-state index >= 15 is 0 Å². The van der Waals surface area contributed by atoms with Crippen molar-refractivity contribution in [2.45, 2.75) is 32.6 Å². The molecule has 2 aliphatic rings. The molecule has 1 unspecified atom stereocenters. The van der Waals surface area contributed by atoms with Gasteiger partial charge in [-0.25, -0.2) is 0 Å². The van der Waals surface area contributed by atoms with Gasteiger partial charge in [0.15, 0.2) is 9.76 Å². The van der Waals surface area contributed by atoms with Gasteiger partial charge >= 0.3 is 0 Å². The Morgan fingerprint density at radius 3 is 3.00 bits per heavy atom. The summed E-state index contributed by atoms with van der Waals surface area (Å²) in [5.74, 6) is 1.04. The van der Waals surface area contributed by atoms with Crippen LogP contribution in [0, 0.1) is 5.92 Å². The molecule has 0 aromatic rings. The molecule has 0 heterocycles. The van der Waals surface area contributed by atoms with Gasteiger partial charge in [-0.15, -0.1) is 0 Å². The van der Waals surface area contributed by atoms with Crippen molar-refractivity contribution in [1.82, 2.24) is 0 Å². The van der Waals surface area contributed by atoms with Crippen LogP contribution in [0.1, 0.15) is 32.6 Å². The van der Waals surface area contributed by atoms with Gasteiger partial charge in [-0.2, -0.15) is 0 Å². The molecule has 0 aromatic carbocycles. The van der Waals surface area contributed by atoms with Crippen molar-refractivity contribution >= 4 is 9.76 Å². The Kier molecular flexibility index (Phi) is 2.14. The molecule has 1 saturated carbocycles. The fourth-order valence-electron chi connectivity index (χ4n) is 2.31. The van der Waals surface area contributed by atoms with Crippen LogP contribution < -0.4 is 0 Å². The van der Waals surface area contributed by atoms with Crippen molar-refractivity contribution in [1.29, 1.82) is 0 Å². The van der Waals surface area contributed by atoms with E-state index in [0.717, 1.165) is 12.5 Å². The van der Waals surface area contributed by atoms with Crippen LogP contribution in [0.2, 0.25) is 0 Å². The molecule has 2 aliphatic carbocycles. The van der Waals surface area contributed by atoms with Gasteiger partial charge in [-0.05, 0) is 38.5 Å². The predicted molar refractivity (Wildman–Crippen MR) is 49.2 cm³/mol. The zero-order valence-corrected chi connectivity index (χ0v) is 8.64. The smallest absolute Gasteiger partial charge is 0.188 e. The Balaban J connectivity index is 1.93. The maximum atomic E-state index is 5.55. The first-order chi connectivity index (χ1) is 5.40. The van der Waals surface area contributed by atoms with Crippen molar-refractivity contribution in [3.8, 4) is 0 Å². The maximum Gasteiger partial charge on any atom is 0.188 e. The van der Waals surface area contributed by atoms with Crippen LogP contribution in [0.15, 0.2) is 10.8 Å². The molecule has 0 spiro atoms. The monoisotopic (exact) mass is 168 g/mol. The highest BCUT2D eigenvalue weighted by Gasteiger charge is 2.29. The quantitative estimate of drug-likeness (QED) is 0.581. The van der Waals surface area contributed by atoms with Gasteiger partial charge < -0.3 is 4.43 Å². The fraction of sp³-hybridized carbons (Fsp3) is 0.778. The zero-order valence-electron chi connectivity index (χ0n) is 7.23. The molecule has 0 saturated heterocycles. The summed E-state index contributed by atoms with van der Waals surface area (Å²) in [5.41, 5.74) is 1.79. The van der Waals surface area contributed by atoms with Crippen LogP contribution in [-0.4, -0.2) is 16.4 Å². The molecule has 1 fully saturated rings. The highest BCUT2D eigenvalue weighted by atomic mass is 28.2. The molecule has 0 radical (unpaired) electrons. The van der Waals surface area contributed by atoms with Crippen molar-refractivity contribution in [3.63, 3.8) is 0 Å². The minimum Gasteiger partial charge on any atom is -0.419 e. The van der Waals surface area contributed by atoms with Crippen LogP contribution in [0.4, 0.5) is 0 Å². The predicted octanol–water partition coefficient (Wildman–Crippen LogP) is 1.56. The van der Waals surface area contributed by atoms with Crippen LogP contribution in [0.3, 0.4) is 0 Å². The number of hydrogen-bond acceptors (Lipinski definition) is 1. The van der Waals surface area contributed by atoms with E-state index in [1.54, 1.807) is 10.8 Å². The maximum absolute atomic E-state index is 5.55. The lowest BCUT2D eigenvalue weighted by Crippen LogP contribution is -2.06. The second-order valence-electron chi connectivity index (χ2n) is 3.66. The van der Waals surface area contributed by atoms with Crippen molar-refractivity contribution < 1.29 is 4.43 Å². The van der Waals surface area contributed by atoms with E-state index in [0.29, 0.717) is 0 Å². The zero-order chi connectivity index (χ0) is 7.68. The van der Waals surface area contributed by atoms with Gasteiger partial charge in [-0.1, -0.05) is 10.8 Å². The standard InChI is InChI=1S/C9H16OSi/c1-2-10-11-9-6-7-3-4-8(9)5-7/h7H,2-6,11H2,1H3. The lowest BCUT2D eigenvalue weighted by molar-refractivity contribution is 0.363. The van der Waals surface area contributed by atoms with E-state index < -0.39 is 0 Å².